The van der Waals surface area contributed by atoms with Gasteiger partial charge < -0.3 is 20.3 Å². The number of anilines is 2. The van der Waals surface area contributed by atoms with Crippen LogP contribution in [0.5, 0.6) is 5.88 Å². The maximum absolute atomic E-state index is 11.2. The van der Waals surface area contributed by atoms with Crippen LogP contribution in [-0.4, -0.2) is 55.1 Å². The minimum atomic E-state index is -0.482. The van der Waals surface area contributed by atoms with Crippen LogP contribution in [0.25, 0.3) is 0 Å². The predicted molar refractivity (Wildman–Crippen MR) is 82.9 cm³/mol. The van der Waals surface area contributed by atoms with Crippen LogP contribution in [0.15, 0.2) is 6.07 Å². The van der Waals surface area contributed by atoms with Gasteiger partial charge in [0.05, 0.1) is 11.0 Å². The van der Waals surface area contributed by atoms with Crippen LogP contribution >= 0.6 is 0 Å². The van der Waals surface area contributed by atoms with Crippen LogP contribution in [0.2, 0.25) is 0 Å². The summed E-state index contributed by atoms with van der Waals surface area (Å²) in [6.07, 6.45) is -0.110. The lowest BCUT2D eigenvalue weighted by Gasteiger charge is -2.21. The Labute approximate surface area is 124 Å². The number of hydrogen-bond acceptors (Lipinski definition) is 7. The zero-order valence-electron chi connectivity index (χ0n) is 13.2. The van der Waals surface area contributed by atoms with Crippen LogP contribution < -0.4 is 15.4 Å². The number of ether oxygens (including phenoxy) is 1. The molecule has 1 heterocycles. The topological polar surface area (TPSA) is 97.8 Å². The molecule has 0 saturated carbocycles. The van der Waals surface area contributed by atoms with Gasteiger partial charge in [-0.3, -0.25) is 10.1 Å². The molecule has 118 valence electrons. The van der Waals surface area contributed by atoms with Gasteiger partial charge in [-0.25, -0.2) is 0 Å². The third-order valence-corrected chi connectivity index (χ3v) is 2.76. The van der Waals surface area contributed by atoms with E-state index in [1.54, 1.807) is 11.9 Å². The van der Waals surface area contributed by atoms with E-state index in [-0.39, 0.29) is 29.2 Å². The number of pyridine rings is 1. The fourth-order valence-corrected chi connectivity index (χ4v) is 1.68. The first kappa shape index (κ1) is 17.0. The largest absolute Gasteiger partial charge is 0.473 e. The standard InChI is InChI=1S/C13H23N5O3/c1-9(2)21-13-10(14)8-11(18(19)20)12(15-13)17(5)7-6-16(3)4/h8-9H,6-7,14H2,1-5H3. The molecule has 0 radical (unpaired) electrons. The highest BCUT2D eigenvalue weighted by atomic mass is 16.6. The highest BCUT2D eigenvalue weighted by molar-refractivity contribution is 5.67. The van der Waals surface area contributed by atoms with Crippen molar-refractivity contribution in [1.82, 2.24) is 9.88 Å². The SMILES string of the molecule is CC(C)Oc1nc(N(C)CCN(C)C)c([N+](=O)[O-])cc1N. The molecule has 1 aromatic rings. The summed E-state index contributed by atoms with van der Waals surface area (Å²) in [5.41, 5.74) is 5.83. The maximum atomic E-state index is 11.2. The molecule has 0 unspecified atom stereocenters. The Morgan fingerprint density at radius 3 is 2.48 bits per heavy atom. The number of nitro groups is 1. The van der Waals surface area contributed by atoms with E-state index in [1.165, 1.54) is 6.07 Å². The normalized spacial score (nSPS) is 11.0. The van der Waals surface area contributed by atoms with Crippen LogP contribution in [0.4, 0.5) is 17.2 Å². The quantitative estimate of drug-likeness (QED) is 0.599. The van der Waals surface area contributed by atoms with E-state index < -0.39 is 4.92 Å². The van der Waals surface area contributed by atoms with Gasteiger partial charge in [-0.1, -0.05) is 0 Å². The van der Waals surface area contributed by atoms with Gasteiger partial charge >= 0.3 is 5.69 Å². The lowest BCUT2D eigenvalue weighted by atomic mass is 10.3. The second-order valence-corrected chi connectivity index (χ2v) is 5.37. The Kier molecular flexibility index (Phi) is 5.71. The summed E-state index contributed by atoms with van der Waals surface area (Å²) in [5.74, 6) is 0.481. The van der Waals surface area contributed by atoms with E-state index in [2.05, 4.69) is 4.98 Å². The molecule has 0 bridgehead atoms. The summed E-state index contributed by atoms with van der Waals surface area (Å²) < 4.78 is 5.50. The Morgan fingerprint density at radius 1 is 1.38 bits per heavy atom. The summed E-state index contributed by atoms with van der Waals surface area (Å²) in [6, 6.07) is 1.30. The molecular formula is C13H23N5O3. The van der Waals surface area contributed by atoms with Crippen LogP contribution in [0.3, 0.4) is 0 Å². The zero-order valence-corrected chi connectivity index (χ0v) is 13.2. The molecule has 2 N–H and O–H groups in total. The summed E-state index contributed by atoms with van der Waals surface area (Å²) in [5, 5.41) is 11.2. The first-order valence-corrected chi connectivity index (χ1v) is 6.69. The molecular weight excluding hydrogens is 274 g/mol. The molecule has 0 fully saturated rings. The van der Waals surface area contributed by atoms with Crippen molar-refractivity contribution in [2.75, 3.05) is 44.9 Å². The van der Waals surface area contributed by atoms with Crippen molar-refractivity contribution in [2.45, 2.75) is 20.0 Å². The second kappa shape index (κ2) is 7.07. The minimum absolute atomic E-state index is 0.110. The molecule has 0 atom stereocenters. The molecule has 1 aromatic heterocycles. The number of nitrogen functional groups attached to an aromatic ring is 1. The van der Waals surface area contributed by atoms with Crippen LogP contribution in [0.1, 0.15) is 13.8 Å². The monoisotopic (exact) mass is 297 g/mol. The number of rotatable bonds is 7. The van der Waals surface area contributed by atoms with Gasteiger partial charge in [0.25, 0.3) is 0 Å². The third kappa shape index (κ3) is 4.75. The van der Waals surface area contributed by atoms with Crippen molar-refractivity contribution < 1.29 is 9.66 Å². The van der Waals surface area contributed by atoms with Crippen molar-refractivity contribution in [3.8, 4) is 5.88 Å². The van der Waals surface area contributed by atoms with Gasteiger partial charge in [0, 0.05) is 26.2 Å². The van der Waals surface area contributed by atoms with Gasteiger partial charge in [-0.2, -0.15) is 4.98 Å². The molecule has 21 heavy (non-hydrogen) atoms. The van der Waals surface area contributed by atoms with Gasteiger partial charge in [0.1, 0.15) is 5.69 Å². The van der Waals surface area contributed by atoms with Crippen molar-refractivity contribution in [3.63, 3.8) is 0 Å². The van der Waals surface area contributed by atoms with E-state index >= 15 is 0 Å². The lowest BCUT2D eigenvalue weighted by Crippen LogP contribution is -2.29. The smallest absolute Gasteiger partial charge is 0.313 e. The number of aromatic nitrogens is 1. The van der Waals surface area contributed by atoms with E-state index in [1.807, 2.05) is 32.8 Å². The predicted octanol–water partition coefficient (Wildman–Crippen LogP) is 1.36. The molecule has 8 nitrogen and oxygen atoms in total. The van der Waals surface area contributed by atoms with Crippen molar-refractivity contribution >= 4 is 17.2 Å². The number of nitrogens with two attached hydrogens (primary N) is 1. The van der Waals surface area contributed by atoms with E-state index in [9.17, 15) is 10.1 Å². The average molecular weight is 297 g/mol. The fourth-order valence-electron chi connectivity index (χ4n) is 1.68. The minimum Gasteiger partial charge on any atom is -0.473 e. The van der Waals surface area contributed by atoms with E-state index in [4.69, 9.17) is 10.5 Å². The second-order valence-electron chi connectivity index (χ2n) is 5.37. The zero-order chi connectivity index (χ0) is 16.2. The van der Waals surface area contributed by atoms with Gasteiger partial charge in [0.2, 0.25) is 11.7 Å². The molecule has 0 aliphatic carbocycles. The maximum Gasteiger partial charge on any atom is 0.313 e. The molecule has 0 aliphatic rings. The van der Waals surface area contributed by atoms with Crippen LogP contribution in [-0.2, 0) is 0 Å². The van der Waals surface area contributed by atoms with Crippen molar-refractivity contribution in [1.29, 1.82) is 0 Å². The molecule has 1 rings (SSSR count). The average Bonchev–Trinajstić information content (AvgIpc) is 2.37. The first-order valence-electron chi connectivity index (χ1n) is 6.69. The Morgan fingerprint density at radius 2 is 2.00 bits per heavy atom. The molecule has 0 amide bonds. The molecule has 0 saturated heterocycles. The van der Waals surface area contributed by atoms with E-state index in [0.29, 0.717) is 6.54 Å². The number of nitrogens with zero attached hydrogens (tertiary/aromatic N) is 4. The summed E-state index contributed by atoms with van der Waals surface area (Å²) in [6.45, 7) is 5.04. The molecule has 8 heteroatoms. The Bertz CT molecular complexity index is 505. The summed E-state index contributed by atoms with van der Waals surface area (Å²) in [7, 11) is 5.63. The Hall–Kier alpha value is -2.09. The van der Waals surface area contributed by atoms with E-state index in [0.717, 1.165) is 6.54 Å². The van der Waals surface area contributed by atoms with Gasteiger partial charge in [-0.05, 0) is 27.9 Å². The van der Waals surface area contributed by atoms with Gasteiger partial charge in [-0.15, -0.1) is 0 Å². The molecule has 0 aliphatic heterocycles. The van der Waals surface area contributed by atoms with Crippen LogP contribution in [0, 0.1) is 10.1 Å². The summed E-state index contributed by atoms with van der Waals surface area (Å²) in [4.78, 5) is 18.6. The van der Waals surface area contributed by atoms with Gasteiger partial charge in [0.15, 0.2) is 0 Å². The Balaban J connectivity index is 3.15. The highest BCUT2D eigenvalue weighted by Gasteiger charge is 2.23. The highest BCUT2D eigenvalue weighted by Crippen LogP contribution is 2.33. The number of likely N-dealkylation sites (N-methyl/N-ethyl adjacent to an activating group) is 2. The molecule has 0 spiro atoms. The summed E-state index contributed by atoms with van der Waals surface area (Å²) >= 11 is 0. The third-order valence-electron chi connectivity index (χ3n) is 2.76. The van der Waals surface area contributed by atoms with Crippen molar-refractivity contribution in [3.05, 3.63) is 16.2 Å². The first-order chi connectivity index (χ1) is 9.72. The lowest BCUT2D eigenvalue weighted by molar-refractivity contribution is -0.384. The fraction of sp³-hybridized carbons (Fsp3) is 0.615. The molecule has 0 aromatic carbocycles. The van der Waals surface area contributed by atoms with Crippen molar-refractivity contribution in [2.24, 2.45) is 0 Å². The number of hydrogen-bond donors (Lipinski definition) is 1.